The van der Waals surface area contributed by atoms with Gasteiger partial charge >= 0.3 is 0 Å². The van der Waals surface area contributed by atoms with E-state index in [1.165, 1.54) is 24.4 Å². The third-order valence-electron chi connectivity index (χ3n) is 3.49. The fourth-order valence-corrected chi connectivity index (χ4v) is 2.39. The molecule has 0 saturated carbocycles. The minimum atomic E-state index is -0.561. The second kappa shape index (κ2) is 4.80. The molecule has 0 bridgehead atoms. The molecular weight excluding hydrogens is 301 g/mol. The SMILES string of the molecule is O=[N+]([O-])c1ccc2nc3nc(-c4ccc(F)nc4)ccn3c2c1. The Labute approximate surface area is 128 Å². The fraction of sp³-hybridized carbons (Fsp3) is 0. The molecule has 0 aliphatic carbocycles. The van der Waals surface area contributed by atoms with Crippen LogP contribution in [0.2, 0.25) is 0 Å². The lowest BCUT2D eigenvalue weighted by molar-refractivity contribution is -0.384. The largest absolute Gasteiger partial charge is 0.283 e. The van der Waals surface area contributed by atoms with Crippen LogP contribution in [0.15, 0.2) is 48.8 Å². The normalized spacial score (nSPS) is 11.2. The molecule has 0 atom stereocenters. The van der Waals surface area contributed by atoms with Crippen molar-refractivity contribution in [3.05, 3.63) is 64.9 Å². The minimum absolute atomic E-state index is 0.00823. The standard InChI is InChI=1S/C15H8FN5O2/c16-14-4-1-9(8-17-14)11-5-6-20-13-7-10(21(22)23)2-3-12(13)19-15(20)18-11/h1-8H. The maximum absolute atomic E-state index is 12.9. The highest BCUT2D eigenvalue weighted by molar-refractivity contribution is 5.82. The van der Waals surface area contributed by atoms with Crippen molar-refractivity contribution < 1.29 is 9.31 Å². The number of hydrogen-bond donors (Lipinski definition) is 0. The van der Waals surface area contributed by atoms with Gasteiger partial charge in [0, 0.05) is 30.1 Å². The third kappa shape index (κ3) is 2.16. The summed E-state index contributed by atoms with van der Waals surface area (Å²) in [5.41, 5.74) is 2.45. The van der Waals surface area contributed by atoms with E-state index in [9.17, 15) is 14.5 Å². The van der Waals surface area contributed by atoms with Crippen LogP contribution in [0.4, 0.5) is 10.1 Å². The number of rotatable bonds is 2. The van der Waals surface area contributed by atoms with Crippen molar-refractivity contribution in [2.24, 2.45) is 0 Å². The van der Waals surface area contributed by atoms with Gasteiger partial charge in [-0.2, -0.15) is 4.39 Å². The van der Waals surface area contributed by atoms with Crippen LogP contribution >= 0.6 is 0 Å². The Morgan fingerprint density at radius 1 is 1.13 bits per heavy atom. The predicted octanol–water partition coefficient (Wildman–Crippen LogP) is 2.99. The monoisotopic (exact) mass is 309 g/mol. The number of hydrogen-bond acceptors (Lipinski definition) is 5. The summed E-state index contributed by atoms with van der Waals surface area (Å²) >= 11 is 0. The minimum Gasteiger partial charge on any atom is -0.283 e. The highest BCUT2D eigenvalue weighted by Gasteiger charge is 2.12. The van der Waals surface area contributed by atoms with Crippen molar-refractivity contribution in [1.82, 2.24) is 19.4 Å². The van der Waals surface area contributed by atoms with Gasteiger partial charge in [-0.1, -0.05) is 0 Å². The van der Waals surface area contributed by atoms with Crippen LogP contribution in [-0.2, 0) is 0 Å². The average Bonchev–Trinajstić information content (AvgIpc) is 2.92. The van der Waals surface area contributed by atoms with Crippen LogP contribution in [-0.4, -0.2) is 24.3 Å². The van der Waals surface area contributed by atoms with Gasteiger partial charge in [0.15, 0.2) is 0 Å². The van der Waals surface area contributed by atoms with Crippen molar-refractivity contribution in [2.45, 2.75) is 0 Å². The predicted molar refractivity (Wildman–Crippen MR) is 80.3 cm³/mol. The maximum atomic E-state index is 12.9. The summed E-state index contributed by atoms with van der Waals surface area (Å²) in [5, 5.41) is 10.9. The summed E-state index contributed by atoms with van der Waals surface area (Å²) in [6, 6.07) is 9.00. The number of fused-ring (bicyclic) bond motifs is 3. The first-order chi connectivity index (χ1) is 11.1. The summed E-state index contributed by atoms with van der Waals surface area (Å²) in [4.78, 5) is 22.8. The topological polar surface area (TPSA) is 86.2 Å². The smallest absolute Gasteiger partial charge is 0.271 e. The summed E-state index contributed by atoms with van der Waals surface area (Å²) in [6.07, 6.45) is 3.11. The Hall–Kier alpha value is -3.42. The van der Waals surface area contributed by atoms with E-state index < -0.39 is 10.9 Å². The molecule has 7 nitrogen and oxygen atoms in total. The summed E-state index contributed by atoms with van der Waals surface area (Å²) in [5.74, 6) is -0.156. The number of pyridine rings is 1. The Morgan fingerprint density at radius 2 is 2.00 bits per heavy atom. The molecule has 3 heterocycles. The van der Waals surface area contributed by atoms with Gasteiger partial charge in [0.25, 0.3) is 5.69 Å². The quantitative estimate of drug-likeness (QED) is 0.323. The van der Waals surface area contributed by atoms with E-state index in [1.54, 1.807) is 28.8 Å². The Morgan fingerprint density at radius 3 is 2.74 bits per heavy atom. The molecule has 1 aromatic carbocycles. The van der Waals surface area contributed by atoms with Gasteiger partial charge in [-0.05, 0) is 24.3 Å². The van der Waals surface area contributed by atoms with Crippen LogP contribution in [0.1, 0.15) is 0 Å². The Bertz CT molecular complexity index is 1060. The van der Waals surface area contributed by atoms with Gasteiger partial charge in [-0.25, -0.2) is 15.0 Å². The number of halogens is 1. The van der Waals surface area contributed by atoms with E-state index in [2.05, 4.69) is 15.0 Å². The molecular formula is C15H8FN5O2. The first-order valence-electron chi connectivity index (χ1n) is 6.67. The number of non-ortho nitro benzene ring substituents is 1. The zero-order chi connectivity index (χ0) is 16.0. The molecule has 0 spiro atoms. The third-order valence-corrected chi connectivity index (χ3v) is 3.49. The molecule has 8 heteroatoms. The fourth-order valence-electron chi connectivity index (χ4n) is 2.39. The zero-order valence-corrected chi connectivity index (χ0v) is 11.5. The van der Waals surface area contributed by atoms with Gasteiger partial charge in [0.05, 0.1) is 21.7 Å². The molecule has 0 radical (unpaired) electrons. The van der Waals surface area contributed by atoms with Crippen molar-refractivity contribution in [3.63, 3.8) is 0 Å². The van der Waals surface area contributed by atoms with Crippen molar-refractivity contribution in [3.8, 4) is 11.3 Å². The molecule has 0 saturated heterocycles. The zero-order valence-electron chi connectivity index (χ0n) is 11.5. The molecule has 3 aromatic heterocycles. The highest BCUT2D eigenvalue weighted by Crippen LogP contribution is 2.23. The average molecular weight is 309 g/mol. The van der Waals surface area contributed by atoms with Gasteiger partial charge in [-0.15, -0.1) is 0 Å². The van der Waals surface area contributed by atoms with Crippen LogP contribution < -0.4 is 0 Å². The van der Waals surface area contributed by atoms with E-state index in [0.717, 1.165) is 0 Å². The second-order valence-electron chi connectivity index (χ2n) is 4.89. The van der Waals surface area contributed by atoms with Gasteiger partial charge < -0.3 is 0 Å². The first-order valence-corrected chi connectivity index (χ1v) is 6.67. The number of nitro groups is 1. The molecule has 0 amide bonds. The number of imidazole rings is 1. The van der Waals surface area contributed by atoms with Gasteiger partial charge in [0.2, 0.25) is 11.7 Å². The van der Waals surface area contributed by atoms with Crippen LogP contribution in [0.5, 0.6) is 0 Å². The summed E-state index contributed by atoms with van der Waals surface area (Å²) < 4.78 is 14.6. The number of aromatic nitrogens is 4. The van der Waals surface area contributed by atoms with Crippen LogP contribution in [0.25, 0.3) is 28.1 Å². The second-order valence-corrected chi connectivity index (χ2v) is 4.89. The van der Waals surface area contributed by atoms with E-state index >= 15 is 0 Å². The van der Waals surface area contributed by atoms with E-state index in [0.29, 0.717) is 28.1 Å². The van der Waals surface area contributed by atoms with Crippen LogP contribution in [0.3, 0.4) is 0 Å². The molecule has 0 aliphatic rings. The molecule has 4 aromatic rings. The Kier molecular flexibility index (Phi) is 2.77. The molecule has 0 aliphatic heterocycles. The lowest BCUT2D eigenvalue weighted by Gasteiger charge is -2.01. The van der Waals surface area contributed by atoms with Crippen molar-refractivity contribution >= 4 is 22.5 Å². The molecule has 112 valence electrons. The lowest BCUT2D eigenvalue weighted by Crippen LogP contribution is -1.92. The number of benzene rings is 1. The van der Waals surface area contributed by atoms with Crippen LogP contribution in [0, 0.1) is 16.1 Å². The van der Waals surface area contributed by atoms with E-state index in [1.807, 2.05) is 0 Å². The molecule has 0 N–H and O–H groups in total. The maximum Gasteiger partial charge on any atom is 0.271 e. The van der Waals surface area contributed by atoms with Crippen molar-refractivity contribution in [2.75, 3.05) is 0 Å². The molecule has 0 fully saturated rings. The molecule has 4 rings (SSSR count). The first kappa shape index (κ1) is 13.3. The van der Waals surface area contributed by atoms with Crippen molar-refractivity contribution in [1.29, 1.82) is 0 Å². The highest BCUT2D eigenvalue weighted by atomic mass is 19.1. The van der Waals surface area contributed by atoms with Gasteiger partial charge in [-0.3, -0.25) is 14.5 Å². The molecule has 23 heavy (non-hydrogen) atoms. The summed E-state index contributed by atoms with van der Waals surface area (Å²) in [7, 11) is 0. The number of nitro benzene ring substituents is 1. The molecule has 0 unspecified atom stereocenters. The van der Waals surface area contributed by atoms with E-state index in [4.69, 9.17) is 0 Å². The number of nitrogens with zero attached hydrogens (tertiary/aromatic N) is 5. The summed E-state index contributed by atoms with van der Waals surface area (Å²) in [6.45, 7) is 0. The van der Waals surface area contributed by atoms with E-state index in [-0.39, 0.29) is 5.69 Å². The Balaban J connectivity index is 1.91. The lowest BCUT2D eigenvalue weighted by atomic mass is 10.2. The van der Waals surface area contributed by atoms with Gasteiger partial charge in [0.1, 0.15) is 0 Å².